The van der Waals surface area contributed by atoms with Gasteiger partial charge in [0, 0.05) is 68.7 Å². The van der Waals surface area contributed by atoms with Gasteiger partial charge in [0.2, 0.25) is 11.8 Å². The number of carbonyl (C=O) groups excluding carboxylic acids is 3. The molecule has 7 heterocycles. The number of imide groups is 1. The summed E-state index contributed by atoms with van der Waals surface area (Å²) in [5.41, 5.74) is 4.05. The van der Waals surface area contributed by atoms with E-state index >= 15 is 0 Å². The SMILES string of the molecule is CC(C)n1nc(N2CCC(N(C)Cc3ccc4c(c3)CN(C3CCC(=O)NC3=O)C4=O)CC2)c2cnc(Nc3ccnc(-c4cnn(S(=O)[O-])c4)n3)cc21. The van der Waals surface area contributed by atoms with Gasteiger partial charge in [0.05, 0.1) is 40.1 Å². The monoisotopic (exact) mass is 751 g/mol. The zero-order valence-corrected chi connectivity index (χ0v) is 30.8. The Hall–Kier alpha value is -5.59. The quantitative estimate of drug-likeness (QED) is 0.156. The first-order chi connectivity index (χ1) is 26.0. The summed E-state index contributed by atoms with van der Waals surface area (Å²) in [5.74, 6) is 1.44. The van der Waals surface area contributed by atoms with E-state index < -0.39 is 23.2 Å². The van der Waals surface area contributed by atoms with Crippen molar-refractivity contribution < 1.29 is 23.1 Å². The molecule has 18 heteroatoms. The van der Waals surface area contributed by atoms with Crippen molar-refractivity contribution in [2.75, 3.05) is 30.4 Å². The third-order valence-electron chi connectivity index (χ3n) is 10.4. The Morgan fingerprint density at radius 3 is 2.61 bits per heavy atom. The Kier molecular flexibility index (Phi) is 9.41. The normalized spacial score (nSPS) is 18.6. The van der Waals surface area contributed by atoms with E-state index in [0.29, 0.717) is 47.6 Å². The van der Waals surface area contributed by atoms with Crippen molar-refractivity contribution in [3.05, 3.63) is 71.8 Å². The Balaban J connectivity index is 0.918. The summed E-state index contributed by atoms with van der Waals surface area (Å²) in [4.78, 5) is 57.0. The molecule has 2 saturated heterocycles. The zero-order chi connectivity index (χ0) is 37.7. The van der Waals surface area contributed by atoms with Crippen LogP contribution in [0.4, 0.5) is 17.5 Å². The van der Waals surface area contributed by atoms with Crippen molar-refractivity contribution in [1.82, 2.24) is 49.0 Å². The van der Waals surface area contributed by atoms with Crippen LogP contribution in [0.3, 0.4) is 0 Å². The number of anilines is 3. The number of fused-ring (bicyclic) bond motifs is 2. The average Bonchev–Trinajstić information content (AvgIpc) is 3.88. The summed E-state index contributed by atoms with van der Waals surface area (Å²) in [5, 5.41) is 15.4. The number of aromatic nitrogens is 7. The van der Waals surface area contributed by atoms with Crippen LogP contribution in [0.2, 0.25) is 0 Å². The van der Waals surface area contributed by atoms with Gasteiger partial charge < -0.3 is 19.7 Å². The molecule has 3 amide bonds. The lowest BCUT2D eigenvalue weighted by molar-refractivity contribution is -0.136. The molecule has 280 valence electrons. The van der Waals surface area contributed by atoms with Gasteiger partial charge in [-0.25, -0.2) is 15.0 Å². The third kappa shape index (κ3) is 6.83. The van der Waals surface area contributed by atoms with E-state index in [1.54, 1.807) is 17.2 Å². The fourth-order valence-electron chi connectivity index (χ4n) is 7.57. The molecule has 1 aromatic carbocycles. The van der Waals surface area contributed by atoms with Crippen LogP contribution in [-0.4, -0.2) is 102 Å². The van der Waals surface area contributed by atoms with E-state index in [4.69, 9.17) is 10.1 Å². The van der Waals surface area contributed by atoms with Gasteiger partial charge in [0.25, 0.3) is 5.91 Å². The average molecular weight is 752 g/mol. The topological polar surface area (TPSA) is 199 Å². The molecule has 2 atom stereocenters. The van der Waals surface area contributed by atoms with Gasteiger partial charge in [0.1, 0.15) is 17.7 Å². The smallest absolute Gasteiger partial charge is 0.255 e. The van der Waals surface area contributed by atoms with Gasteiger partial charge in [-0.15, -0.1) is 0 Å². The minimum absolute atomic E-state index is 0.104. The van der Waals surface area contributed by atoms with E-state index in [2.05, 4.69) is 62.5 Å². The number of nitrogens with zero attached hydrogens (tertiary/aromatic N) is 10. The van der Waals surface area contributed by atoms with Crippen LogP contribution in [-0.2, 0) is 33.9 Å². The lowest BCUT2D eigenvalue weighted by atomic mass is 10.0. The fraction of sp³-hybridized carbons (Fsp3) is 0.389. The molecule has 0 radical (unpaired) electrons. The second-order valence-corrected chi connectivity index (χ2v) is 15.0. The van der Waals surface area contributed by atoms with Crippen molar-refractivity contribution in [3.8, 4) is 11.4 Å². The molecule has 3 aliphatic rings. The highest BCUT2D eigenvalue weighted by atomic mass is 32.2. The van der Waals surface area contributed by atoms with Crippen LogP contribution in [0.15, 0.2) is 55.1 Å². The van der Waals surface area contributed by atoms with E-state index in [1.165, 1.54) is 12.4 Å². The first kappa shape index (κ1) is 35.4. The van der Waals surface area contributed by atoms with Crippen LogP contribution in [0.1, 0.15) is 67.1 Å². The minimum atomic E-state index is -2.52. The van der Waals surface area contributed by atoms with Gasteiger partial charge in [0.15, 0.2) is 11.6 Å². The molecule has 0 saturated carbocycles. The van der Waals surface area contributed by atoms with Gasteiger partial charge in [-0.3, -0.25) is 33.5 Å². The van der Waals surface area contributed by atoms with Crippen LogP contribution < -0.4 is 15.5 Å². The van der Waals surface area contributed by atoms with Crippen LogP contribution in [0.25, 0.3) is 22.3 Å². The Morgan fingerprint density at radius 2 is 1.87 bits per heavy atom. The summed E-state index contributed by atoms with van der Waals surface area (Å²) in [6.45, 7) is 6.95. The van der Waals surface area contributed by atoms with Crippen molar-refractivity contribution in [2.45, 2.75) is 70.7 Å². The summed E-state index contributed by atoms with van der Waals surface area (Å²) in [7, 11) is 2.14. The van der Waals surface area contributed by atoms with Crippen molar-refractivity contribution in [2.24, 2.45) is 0 Å². The molecule has 0 aliphatic carbocycles. The summed E-state index contributed by atoms with van der Waals surface area (Å²) < 4.78 is 25.3. The summed E-state index contributed by atoms with van der Waals surface area (Å²) >= 11 is -2.52. The maximum atomic E-state index is 13.1. The highest BCUT2D eigenvalue weighted by Gasteiger charge is 2.39. The maximum Gasteiger partial charge on any atom is 0.255 e. The van der Waals surface area contributed by atoms with Gasteiger partial charge in [-0.05, 0) is 63.4 Å². The summed E-state index contributed by atoms with van der Waals surface area (Å²) in [6.07, 6.45) is 8.64. The molecule has 8 rings (SSSR count). The molecule has 54 heavy (non-hydrogen) atoms. The summed E-state index contributed by atoms with van der Waals surface area (Å²) in [6, 6.07) is 9.45. The predicted molar refractivity (Wildman–Crippen MR) is 198 cm³/mol. The fourth-order valence-corrected chi connectivity index (χ4v) is 7.90. The van der Waals surface area contributed by atoms with E-state index in [1.807, 2.05) is 29.1 Å². The van der Waals surface area contributed by atoms with Crippen LogP contribution in [0, 0.1) is 0 Å². The lowest BCUT2D eigenvalue weighted by Gasteiger charge is -2.37. The number of hydrogen-bond acceptors (Lipinski definition) is 13. The number of rotatable bonds is 10. The molecule has 3 aliphatic heterocycles. The predicted octanol–water partition coefficient (Wildman–Crippen LogP) is 2.91. The Morgan fingerprint density at radius 1 is 1.06 bits per heavy atom. The molecule has 17 nitrogen and oxygen atoms in total. The highest BCUT2D eigenvalue weighted by molar-refractivity contribution is 7.77. The molecule has 4 aromatic heterocycles. The second-order valence-electron chi connectivity index (χ2n) is 14.2. The number of nitrogens with one attached hydrogen (secondary N) is 2. The number of pyridine rings is 1. The number of piperidine rings is 2. The van der Waals surface area contributed by atoms with Crippen LogP contribution >= 0.6 is 0 Å². The lowest BCUT2D eigenvalue weighted by Crippen LogP contribution is -2.52. The van der Waals surface area contributed by atoms with Crippen molar-refractivity contribution in [1.29, 1.82) is 0 Å². The molecule has 2 fully saturated rings. The number of amides is 3. The third-order valence-corrected chi connectivity index (χ3v) is 10.9. The van der Waals surface area contributed by atoms with Gasteiger partial charge in [-0.2, -0.15) is 14.3 Å². The molecule has 2 unspecified atom stereocenters. The largest absolute Gasteiger partial charge is 0.754 e. The number of hydrogen-bond donors (Lipinski definition) is 2. The minimum Gasteiger partial charge on any atom is -0.754 e. The van der Waals surface area contributed by atoms with E-state index in [9.17, 15) is 23.1 Å². The van der Waals surface area contributed by atoms with E-state index in [-0.39, 0.29) is 24.3 Å². The molecule has 0 bridgehead atoms. The van der Waals surface area contributed by atoms with Crippen molar-refractivity contribution >= 4 is 57.3 Å². The first-order valence-electron chi connectivity index (χ1n) is 17.9. The van der Waals surface area contributed by atoms with Crippen molar-refractivity contribution in [3.63, 3.8) is 0 Å². The zero-order valence-electron chi connectivity index (χ0n) is 30.0. The second kappa shape index (κ2) is 14.3. The molecule has 0 spiro atoms. The van der Waals surface area contributed by atoms with Gasteiger partial charge in [-0.1, -0.05) is 12.1 Å². The maximum absolute atomic E-state index is 13.1. The molecular formula is C36H39N12O5S-. The standard InChI is InChI=1S/C36H40N12O5S/c1-21(2)48-29-15-31(40-30-8-11-37-33(41-30)24-16-39-47(20-24)54(52)53)38-17-27(29)34(43-48)45-12-9-25(10-13-45)44(3)18-22-4-5-26-23(14-22)19-46(36(26)51)28-6-7-32(49)42-35(28)50/h4-5,8,11,14-17,20-21,25,28H,6-7,9-10,12-13,18-19H2,1-3H3,(H,52,53)(H,42,49,50)(H,37,38,40,41)/p-1. The Labute approximate surface area is 313 Å². The van der Waals surface area contributed by atoms with E-state index in [0.717, 1.165) is 64.4 Å². The first-order valence-corrected chi connectivity index (χ1v) is 18.9. The Bertz CT molecular complexity index is 2300. The molecule has 5 aromatic rings. The van der Waals surface area contributed by atoms with Gasteiger partial charge >= 0.3 is 0 Å². The number of benzene rings is 1. The molecule has 2 N–H and O–H groups in total. The highest BCUT2D eigenvalue weighted by Crippen LogP contribution is 2.33. The number of carbonyl (C=O) groups is 3. The van der Waals surface area contributed by atoms with Crippen LogP contribution in [0.5, 0.6) is 0 Å². The molecular weight excluding hydrogens is 713 g/mol.